The van der Waals surface area contributed by atoms with E-state index in [-0.39, 0.29) is 17.0 Å². The number of hydrogen-bond donors (Lipinski definition) is 2. The van der Waals surface area contributed by atoms with Gasteiger partial charge in [0.15, 0.2) is 0 Å². The van der Waals surface area contributed by atoms with Gasteiger partial charge in [0.1, 0.15) is 5.75 Å². The predicted molar refractivity (Wildman–Crippen MR) is 57.7 cm³/mol. The number of aromatic hydroxyl groups is 1. The summed E-state index contributed by atoms with van der Waals surface area (Å²) in [6.45, 7) is 1.51. The summed E-state index contributed by atoms with van der Waals surface area (Å²) < 4.78 is 0. The molecule has 0 atom stereocenters. The highest BCUT2D eigenvalue weighted by atomic mass is 16.6. The topological polar surface area (TPSA) is 106 Å². The highest BCUT2D eigenvalue weighted by molar-refractivity contribution is 5.90. The van der Waals surface area contributed by atoms with Crippen molar-refractivity contribution in [2.24, 2.45) is 5.73 Å². The average Bonchev–Trinajstić information content (AvgIpc) is 2.15. The largest absolute Gasteiger partial charge is 0.507 e. The van der Waals surface area contributed by atoms with Gasteiger partial charge in [-0.25, -0.2) is 0 Å². The Bertz CT molecular complexity index is 480. The third kappa shape index (κ3) is 2.57. The number of nitrogens with zero attached hydrogens (tertiary/aromatic N) is 1. The highest BCUT2D eigenvalue weighted by Gasteiger charge is 2.13. The Kier molecular flexibility index (Phi) is 3.24. The van der Waals surface area contributed by atoms with E-state index in [2.05, 4.69) is 0 Å². The Morgan fingerprint density at radius 1 is 1.56 bits per heavy atom. The van der Waals surface area contributed by atoms with Crippen LogP contribution < -0.4 is 5.73 Å². The third-order valence-electron chi connectivity index (χ3n) is 1.97. The second-order valence-corrected chi connectivity index (χ2v) is 3.19. The third-order valence-corrected chi connectivity index (χ3v) is 1.97. The number of nitro groups is 1. The molecule has 0 aliphatic heterocycles. The molecule has 0 fully saturated rings. The molecule has 1 amide bonds. The normalized spacial score (nSPS) is 10.6. The summed E-state index contributed by atoms with van der Waals surface area (Å²) in [5, 5.41) is 20.1. The van der Waals surface area contributed by atoms with Crippen LogP contribution in [-0.2, 0) is 4.79 Å². The molecule has 0 saturated heterocycles. The summed E-state index contributed by atoms with van der Waals surface area (Å²) in [6.07, 6.45) is 2.25. The number of aryl methyl sites for hydroxylation is 1. The van der Waals surface area contributed by atoms with Crippen LogP contribution in [-0.4, -0.2) is 15.9 Å². The fourth-order valence-corrected chi connectivity index (χ4v) is 1.20. The van der Waals surface area contributed by atoms with E-state index in [1.807, 2.05) is 0 Å². The lowest BCUT2D eigenvalue weighted by molar-refractivity contribution is -0.385. The van der Waals surface area contributed by atoms with Crippen molar-refractivity contribution in [1.29, 1.82) is 0 Å². The first-order valence-electron chi connectivity index (χ1n) is 4.37. The molecule has 3 N–H and O–H groups in total. The Morgan fingerprint density at radius 2 is 2.19 bits per heavy atom. The monoisotopic (exact) mass is 222 g/mol. The summed E-state index contributed by atoms with van der Waals surface area (Å²) in [7, 11) is 0. The molecule has 1 aromatic carbocycles. The van der Waals surface area contributed by atoms with Crippen LogP contribution in [0, 0.1) is 17.0 Å². The lowest BCUT2D eigenvalue weighted by Gasteiger charge is -2.02. The zero-order valence-corrected chi connectivity index (χ0v) is 8.51. The molecule has 0 unspecified atom stereocenters. The number of nitro benzene ring substituents is 1. The molecule has 0 bridgehead atoms. The number of phenols is 1. The van der Waals surface area contributed by atoms with Crippen LogP contribution in [0.3, 0.4) is 0 Å². The average molecular weight is 222 g/mol. The van der Waals surface area contributed by atoms with Gasteiger partial charge in [-0.15, -0.1) is 0 Å². The molecule has 1 aromatic rings. The summed E-state index contributed by atoms with van der Waals surface area (Å²) in [6, 6.07) is 2.45. The van der Waals surface area contributed by atoms with E-state index < -0.39 is 10.8 Å². The maximum Gasteiger partial charge on any atom is 0.273 e. The van der Waals surface area contributed by atoms with Crippen LogP contribution in [0.1, 0.15) is 11.1 Å². The van der Waals surface area contributed by atoms with Crippen molar-refractivity contribution in [3.05, 3.63) is 39.4 Å². The number of nitrogens with two attached hydrogens (primary N) is 1. The van der Waals surface area contributed by atoms with E-state index in [4.69, 9.17) is 5.73 Å². The van der Waals surface area contributed by atoms with Gasteiger partial charge in [-0.2, -0.15) is 0 Å². The zero-order chi connectivity index (χ0) is 12.3. The van der Waals surface area contributed by atoms with Gasteiger partial charge in [-0.1, -0.05) is 0 Å². The van der Waals surface area contributed by atoms with E-state index in [9.17, 15) is 20.0 Å². The van der Waals surface area contributed by atoms with Crippen molar-refractivity contribution >= 4 is 17.7 Å². The summed E-state index contributed by atoms with van der Waals surface area (Å²) in [5.74, 6) is -0.830. The smallest absolute Gasteiger partial charge is 0.273 e. The molecule has 1 rings (SSSR count). The number of benzene rings is 1. The van der Waals surface area contributed by atoms with Gasteiger partial charge in [-0.05, 0) is 19.1 Å². The molecule has 0 radical (unpaired) electrons. The summed E-state index contributed by atoms with van der Waals surface area (Å²) in [5.41, 5.74) is 5.28. The molecule has 0 aromatic heterocycles. The molecule has 0 heterocycles. The van der Waals surface area contributed by atoms with E-state index >= 15 is 0 Å². The molecule has 84 valence electrons. The molecule has 0 aliphatic rings. The minimum atomic E-state index is -0.692. The maximum atomic E-state index is 10.6. The Morgan fingerprint density at radius 3 is 2.69 bits per heavy atom. The van der Waals surface area contributed by atoms with Gasteiger partial charge >= 0.3 is 0 Å². The van der Waals surface area contributed by atoms with Crippen molar-refractivity contribution < 1.29 is 14.8 Å². The first-order chi connectivity index (χ1) is 7.41. The number of carbonyl (C=O) groups excluding carboxylic acids is 1. The van der Waals surface area contributed by atoms with Crippen molar-refractivity contribution in [3.8, 4) is 5.75 Å². The van der Waals surface area contributed by atoms with Gasteiger partial charge in [0.05, 0.1) is 4.92 Å². The number of rotatable bonds is 3. The van der Waals surface area contributed by atoms with Crippen LogP contribution in [0.15, 0.2) is 18.2 Å². The van der Waals surface area contributed by atoms with Crippen molar-refractivity contribution in [2.75, 3.05) is 0 Å². The van der Waals surface area contributed by atoms with E-state index in [1.165, 1.54) is 25.1 Å². The lowest BCUT2D eigenvalue weighted by atomic mass is 10.1. The first kappa shape index (κ1) is 11.7. The standard InChI is InChI=1S/C10H10N2O4/c1-6-4-9(13)7(2-3-10(11)14)5-8(6)12(15)16/h2-5,13H,1H3,(H2,11,14)/b3-2-. The molecule has 0 spiro atoms. The van der Waals surface area contributed by atoms with E-state index in [0.29, 0.717) is 5.56 Å². The van der Waals surface area contributed by atoms with Gasteiger partial charge in [0, 0.05) is 23.3 Å². The number of amides is 1. The SMILES string of the molecule is Cc1cc(O)c(/C=C\C(N)=O)cc1[N+](=O)[O-]. The Labute approximate surface area is 91.2 Å². The second kappa shape index (κ2) is 4.43. The molecular formula is C10H10N2O4. The zero-order valence-electron chi connectivity index (χ0n) is 8.51. The molecular weight excluding hydrogens is 212 g/mol. The quantitative estimate of drug-likeness (QED) is 0.453. The van der Waals surface area contributed by atoms with Crippen LogP contribution in [0.2, 0.25) is 0 Å². The predicted octanol–water partition coefficient (Wildman–Crippen LogP) is 1.11. The van der Waals surface area contributed by atoms with Crippen LogP contribution >= 0.6 is 0 Å². The molecule has 6 nitrogen and oxygen atoms in total. The second-order valence-electron chi connectivity index (χ2n) is 3.19. The first-order valence-corrected chi connectivity index (χ1v) is 4.37. The minimum Gasteiger partial charge on any atom is -0.507 e. The van der Waals surface area contributed by atoms with Gasteiger partial charge in [0.2, 0.25) is 5.91 Å². The molecule has 0 aliphatic carbocycles. The Hall–Kier alpha value is -2.37. The summed E-state index contributed by atoms with van der Waals surface area (Å²) in [4.78, 5) is 20.6. The van der Waals surface area contributed by atoms with Crippen molar-refractivity contribution in [2.45, 2.75) is 6.92 Å². The van der Waals surface area contributed by atoms with Crippen LogP contribution in [0.4, 0.5) is 5.69 Å². The molecule has 16 heavy (non-hydrogen) atoms. The highest BCUT2D eigenvalue weighted by Crippen LogP contribution is 2.28. The number of hydrogen-bond acceptors (Lipinski definition) is 4. The number of primary amides is 1. The molecule has 6 heteroatoms. The van der Waals surface area contributed by atoms with Gasteiger partial charge < -0.3 is 10.8 Å². The van der Waals surface area contributed by atoms with Gasteiger partial charge in [-0.3, -0.25) is 14.9 Å². The fourth-order valence-electron chi connectivity index (χ4n) is 1.20. The fraction of sp³-hybridized carbons (Fsp3) is 0.100. The Balaban J connectivity index is 3.25. The minimum absolute atomic E-state index is 0.123. The lowest BCUT2D eigenvalue weighted by Crippen LogP contribution is -2.05. The van der Waals surface area contributed by atoms with Crippen molar-refractivity contribution in [3.63, 3.8) is 0 Å². The van der Waals surface area contributed by atoms with E-state index in [1.54, 1.807) is 0 Å². The summed E-state index contributed by atoms with van der Waals surface area (Å²) >= 11 is 0. The van der Waals surface area contributed by atoms with Crippen LogP contribution in [0.25, 0.3) is 6.08 Å². The number of phenolic OH excluding ortho intramolecular Hbond substituents is 1. The van der Waals surface area contributed by atoms with Crippen LogP contribution in [0.5, 0.6) is 5.75 Å². The van der Waals surface area contributed by atoms with Gasteiger partial charge in [0.25, 0.3) is 5.69 Å². The van der Waals surface area contributed by atoms with Crippen molar-refractivity contribution in [1.82, 2.24) is 0 Å². The number of carbonyl (C=O) groups is 1. The molecule has 0 saturated carbocycles. The maximum absolute atomic E-state index is 10.6. The van der Waals surface area contributed by atoms with E-state index in [0.717, 1.165) is 6.08 Å².